The van der Waals surface area contributed by atoms with Crippen molar-refractivity contribution in [3.8, 4) is 56.3 Å². The molecule has 10 aromatic rings. The van der Waals surface area contributed by atoms with Crippen molar-refractivity contribution in [2.75, 3.05) is 0 Å². The van der Waals surface area contributed by atoms with Crippen molar-refractivity contribution in [2.45, 2.75) is 5.41 Å². The van der Waals surface area contributed by atoms with Crippen LogP contribution in [-0.4, -0.2) is 19.9 Å². The first-order chi connectivity index (χ1) is 28.7. The molecule has 0 radical (unpaired) electrons. The minimum Gasteiger partial charge on any atom is -0.456 e. The Morgan fingerprint density at radius 1 is 0.414 bits per heavy atom. The highest BCUT2D eigenvalue weighted by Gasteiger charge is 2.49. The predicted molar refractivity (Wildman–Crippen MR) is 233 cm³/mol. The first-order valence-electron chi connectivity index (χ1n) is 19.5. The van der Waals surface area contributed by atoms with Crippen LogP contribution in [0.1, 0.15) is 33.4 Å². The Kier molecular flexibility index (Phi) is 7.07. The zero-order valence-electron chi connectivity index (χ0n) is 31.2. The summed E-state index contributed by atoms with van der Waals surface area (Å²) < 4.78 is 6.50. The predicted octanol–water partition coefficient (Wildman–Crippen LogP) is 12.7. The molecule has 0 bridgehead atoms. The second kappa shape index (κ2) is 12.6. The van der Waals surface area contributed by atoms with Gasteiger partial charge in [0.15, 0.2) is 5.82 Å². The van der Waals surface area contributed by atoms with Crippen LogP contribution >= 0.6 is 0 Å². The fourth-order valence-corrected chi connectivity index (χ4v) is 9.26. The topological polar surface area (TPSA) is 64.7 Å². The lowest BCUT2D eigenvalue weighted by Crippen LogP contribution is -2.30. The largest absolute Gasteiger partial charge is 0.456 e. The molecule has 5 heteroatoms. The SMILES string of the molecule is C1=Cc2ccc(-c3cc(-c4ccccc4)nc(-c4ccc(-c5cccnc5)nc4)n3)cc2C2(c3ccccc31)c1ccccc1-c1cc3oc4ccccc4c3cc12. The number of nitrogens with zero attached hydrogens (tertiary/aromatic N) is 4. The Morgan fingerprint density at radius 2 is 1.16 bits per heavy atom. The Balaban J connectivity index is 1.11. The fraction of sp³-hybridized carbons (Fsp3) is 0.0189. The van der Waals surface area contributed by atoms with Crippen LogP contribution in [0.4, 0.5) is 0 Å². The molecular formula is C53H32N4O. The minimum atomic E-state index is -0.631. The van der Waals surface area contributed by atoms with E-state index in [-0.39, 0.29) is 0 Å². The number of rotatable bonds is 4. The molecule has 6 aromatic carbocycles. The van der Waals surface area contributed by atoms with E-state index in [0.717, 1.165) is 66.8 Å². The summed E-state index contributed by atoms with van der Waals surface area (Å²) in [6.45, 7) is 0. The lowest BCUT2D eigenvalue weighted by atomic mass is 9.65. The molecule has 4 heterocycles. The number of para-hydroxylation sites is 1. The van der Waals surface area contributed by atoms with E-state index < -0.39 is 5.41 Å². The fourth-order valence-electron chi connectivity index (χ4n) is 9.26. The smallest absolute Gasteiger partial charge is 0.161 e. The average molecular weight is 741 g/mol. The van der Waals surface area contributed by atoms with Gasteiger partial charge < -0.3 is 4.42 Å². The van der Waals surface area contributed by atoms with Crippen LogP contribution in [0.25, 0.3) is 90.4 Å². The Morgan fingerprint density at radius 3 is 2.00 bits per heavy atom. The van der Waals surface area contributed by atoms with Crippen LogP contribution in [0.3, 0.4) is 0 Å². The number of hydrogen-bond acceptors (Lipinski definition) is 5. The van der Waals surface area contributed by atoms with Crippen LogP contribution in [0.2, 0.25) is 0 Å². The molecule has 0 aliphatic heterocycles. The molecule has 58 heavy (non-hydrogen) atoms. The maximum absolute atomic E-state index is 6.50. The molecule has 0 amide bonds. The highest BCUT2D eigenvalue weighted by atomic mass is 16.3. The second-order valence-corrected chi connectivity index (χ2v) is 15.0. The van der Waals surface area contributed by atoms with Gasteiger partial charge in [0.1, 0.15) is 11.2 Å². The Bertz CT molecular complexity index is 3280. The van der Waals surface area contributed by atoms with Gasteiger partial charge in [0.2, 0.25) is 0 Å². The number of fused-ring (bicyclic) bond motifs is 12. The van der Waals surface area contributed by atoms with Gasteiger partial charge in [0.25, 0.3) is 0 Å². The molecule has 4 aromatic heterocycles. The summed E-state index contributed by atoms with van der Waals surface area (Å²) in [6.07, 6.45) is 10.00. The van der Waals surface area contributed by atoms with E-state index >= 15 is 0 Å². The van der Waals surface area contributed by atoms with Crippen molar-refractivity contribution in [1.82, 2.24) is 19.9 Å². The molecule has 0 saturated carbocycles. The van der Waals surface area contributed by atoms with Gasteiger partial charge in [-0.3, -0.25) is 9.97 Å². The third kappa shape index (κ3) is 4.83. The van der Waals surface area contributed by atoms with Gasteiger partial charge in [-0.2, -0.15) is 0 Å². The minimum absolute atomic E-state index is 0.613. The first-order valence-corrected chi connectivity index (χ1v) is 19.5. The third-order valence-electron chi connectivity index (χ3n) is 11.9. The highest BCUT2D eigenvalue weighted by Crippen LogP contribution is 2.59. The number of pyridine rings is 2. The van der Waals surface area contributed by atoms with Crippen LogP contribution in [0.15, 0.2) is 187 Å². The summed E-state index contributed by atoms with van der Waals surface area (Å²) in [6, 6.07) is 58.0. The maximum Gasteiger partial charge on any atom is 0.161 e. The number of furan rings is 1. The number of aromatic nitrogens is 4. The third-order valence-corrected chi connectivity index (χ3v) is 11.9. The lowest BCUT2D eigenvalue weighted by Gasteiger charge is -2.35. The molecule has 1 atom stereocenters. The normalized spacial score (nSPS) is 14.9. The molecule has 5 nitrogen and oxygen atoms in total. The van der Waals surface area contributed by atoms with Crippen molar-refractivity contribution in [3.63, 3.8) is 0 Å². The molecule has 0 N–H and O–H groups in total. The quantitative estimate of drug-likeness (QED) is 0.180. The van der Waals surface area contributed by atoms with E-state index in [1.54, 1.807) is 6.20 Å². The lowest BCUT2D eigenvalue weighted by molar-refractivity contribution is 0.668. The zero-order valence-corrected chi connectivity index (χ0v) is 31.2. The van der Waals surface area contributed by atoms with E-state index in [2.05, 4.69) is 132 Å². The molecule has 2 aliphatic carbocycles. The van der Waals surface area contributed by atoms with Crippen LogP contribution < -0.4 is 0 Å². The molecule has 1 unspecified atom stereocenters. The maximum atomic E-state index is 6.50. The number of hydrogen-bond donors (Lipinski definition) is 0. The summed E-state index contributed by atoms with van der Waals surface area (Å²) in [5.41, 5.74) is 17.2. The zero-order chi connectivity index (χ0) is 38.2. The van der Waals surface area contributed by atoms with E-state index in [1.165, 1.54) is 38.9 Å². The molecule has 0 fully saturated rings. The molecular weight excluding hydrogens is 709 g/mol. The van der Waals surface area contributed by atoms with Gasteiger partial charge in [0, 0.05) is 51.6 Å². The highest BCUT2D eigenvalue weighted by molar-refractivity contribution is 6.08. The molecule has 270 valence electrons. The number of benzene rings is 6. The van der Waals surface area contributed by atoms with E-state index in [1.807, 2.05) is 60.9 Å². The summed E-state index contributed by atoms with van der Waals surface area (Å²) >= 11 is 0. The van der Waals surface area contributed by atoms with Gasteiger partial charge >= 0.3 is 0 Å². The first kappa shape index (κ1) is 32.5. The average Bonchev–Trinajstić information content (AvgIpc) is 3.75. The van der Waals surface area contributed by atoms with Gasteiger partial charge in [0.05, 0.1) is 22.5 Å². The molecule has 1 spiro atoms. The van der Waals surface area contributed by atoms with Crippen LogP contribution in [0.5, 0.6) is 0 Å². The van der Waals surface area contributed by atoms with Gasteiger partial charge in [-0.1, -0.05) is 121 Å². The van der Waals surface area contributed by atoms with E-state index in [4.69, 9.17) is 19.4 Å². The van der Waals surface area contributed by atoms with Crippen molar-refractivity contribution >= 4 is 34.1 Å². The van der Waals surface area contributed by atoms with Gasteiger partial charge in [-0.15, -0.1) is 0 Å². The van der Waals surface area contributed by atoms with Crippen molar-refractivity contribution in [3.05, 3.63) is 216 Å². The monoisotopic (exact) mass is 740 g/mol. The standard InChI is InChI=1S/C53H32N4O/c1-2-12-35(13-3-1)48-30-49(57-52(56-48)38-24-25-47(55-32-38)37-14-10-26-54-31-37)36-23-22-34-21-20-33-11-4-7-17-43(33)53(45(34)27-36)44-18-8-5-15-39(44)41-29-51-42(28-46(41)53)40-16-6-9-19-50(40)58-51/h1-32H. The van der Waals surface area contributed by atoms with Gasteiger partial charge in [-0.05, 0) is 99.1 Å². The van der Waals surface area contributed by atoms with Gasteiger partial charge in [-0.25, -0.2) is 9.97 Å². The summed E-state index contributed by atoms with van der Waals surface area (Å²) in [4.78, 5) is 19.5. The van der Waals surface area contributed by atoms with Crippen molar-refractivity contribution in [2.24, 2.45) is 0 Å². The molecule has 2 aliphatic rings. The summed E-state index contributed by atoms with van der Waals surface area (Å²) in [5, 5.41) is 2.23. The Labute approximate surface area is 334 Å². The molecule has 0 saturated heterocycles. The van der Waals surface area contributed by atoms with Crippen molar-refractivity contribution < 1.29 is 4.42 Å². The summed E-state index contributed by atoms with van der Waals surface area (Å²) in [7, 11) is 0. The van der Waals surface area contributed by atoms with Crippen LogP contribution in [-0.2, 0) is 5.41 Å². The van der Waals surface area contributed by atoms with Crippen molar-refractivity contribution in [1.29, 1.82) is 0 Å². The van der Waals surface area contributed by atoms with E-state index in [0.29, 0.717) is 5.82 Å². The van der Waals surface area contributed by atoms with Crippen LogP contribution in [0, 0.1) is 0 Å². The second-order valence-electron chi connectivity index (χ2n) is 15.0. The molecule has 12 rings (SSSR count). The Hall–Kier alpha value is -7.76. The van der Waals surface area contributed by atoms with E-state index in [9.17, 15) is 0 Å². The summed E-state index contributed by atoms with van der Waals surface area (Å²) in [5.74, 6) is 0.613.